The number of nitrogen functional groups attached to an aromatic ring is 1. The molecule has 1 saturated heterocycles. The van der Waals surface area contributed by atoms with Crippen molar-refractivity contribution in [1.29, 1.82) is 0 Å². The highest BCUT2D eigenvalue weighted by Crippen LogP contribution is 2.24. The highest BCUT2D eigenvalue weighted by molar-refractivity contribution is 5.81. The van der Waals surface area contributed by atoms with E-state index < -0.39 is 0 Å². The van der Waals surface area contributed by atoms with Gasteiger partial charge < -0.3 is 5.73 Å². The highest BCUT2D eigenvalue weighted by Gasteiger charge is 2.21. The van der Waals surface area contributed by atoms with E-state index in [9.17, 15) is 0 Å². The van der Waals surface area contributed by atoms with Gasteiger partial charge in [-0.3, -0.25) is 4.90 Å². The van der Waals surface area contributed by atoms with Gasteiger partial charge >= 0.3 is 0 Å². The maximum atomic E-state index is 6.09. The molecule has 0 amide bonds. The summed E-state index contributed by atoms with van der Waals surface area (Å²) in [6, 6.07) is 10.4. The van der Waals surface area contributed by atoms with E-state index in [0.717, 1.165) is 23.5 Å². The van der Waals surface area contributed by atoms with Crippen molar-refractivity contribution in [2.24, 2.45) is 5.92 Å². The van der Waals surface area contributed by atoms with Crippen LogP contribution in [-0.4, -0.2) is 23.0 Å². The van der Waals surface area contributed by atoms with E-state index in [4.69, 9.17) is 5.73 Å². The zero-order valence-electron chi connectivity index (χ0n) is 11.5. The smallest absolute Gasteiger partial charge is 0.128 e. The normalized spacial score (nSPS) is 20.2. The molecule has 100 valence electrons. The lowest BCUT2D eigenvalue weighted by atomic mass is 10.1. The number of rotatable bonds is 3. The fourth-order valence-electron chi connectivity index (χ4n) is 2.93. The van der Waals surface area contributed by atoms with E-state index in [0.29, 0.717) is 5.82 Å². The van der Waals surface area contributed by atoms with Crippen LogP contribution in [0.25, 0.3) is 10.9 Å². The third-order valence-electron chi connectivity index (χ3n) is 4.18. The molecular formula is C16H21N3. The minimum absolute atomic E-state index is 0.679. The molecule has 3 rings (SSSR count). The van der Waals surface area contributed by atoms with Gasteiger partial charge in [0.05, 0.1) is 5.52 Å². The molecule has 3 heteroatoms. The first-order valence-electron chi connectivity index (χ1n) is 7.12. The van der Waals surface area contributed by atoms with Crippen molar-refractivity contribution in [3.8, 4) is 0 Å². The summed E-state index contributed by atoms with van der Waals surface area (Å²) in [7, 11) is 0. The summed E-state index contributed by atoms with van der Waals surface area (Å²) >= 11 is 0. The number of nitrogens with zero attached hydrogens (tertiary/aromatic N) is 2. The highest BCUT2D eigenvalue weighted by atomic mass is 15.1. The Labute approximate surface area is 114 Å². The number of para-hydroxylation sites is 1. The lowest BCUT2D eigenvalue weighted by Crippen LogP contribution is -2.21. The van der Waals surface area contributed by atoms with E-state index in [1.54, 1.807) is 0 Å². The largest absolute Gasteiger partial charge is 0.383 e. The Morgan fingerprint density at radius 3 is 3.00 bits per heavy atom. The molecule has 2 heterocycles. The van der Waals surface area contributed by atoms with Crippen molar-refractivity contribution >= 4 is 16.7 Å². The monoisotopic (exact) mass is 255 g/mol. The van der Waals surface area contributed by atoms with Gasteiger partial charge in [-0.2, -0.15) is 0 Å². The van der Waals surface area contributed by atoms with Crippen LogP contribution >= 0.6 is 0 Å². The predicted octanol–water partition coefficient (Wildman–Crippen LogP) is 3.05. The second-order valence-electron chi connectivity index (χ2n) is 5.52. The van der Waals surface area contributed by atoms with E-state index in [-0.39, 0.29) is 0 Å². The molecule has 1 unspecified atom stereocenters. The number of hydrogen-bond acceptors (Lipinski definition) is 3. The SMILES string of the molecule is CCC1CCN(Cc2cc3ccccc3nc2N)C1. The molecule has 1 fully saturated rings. The Hall–Kier alpha value is -1.61. The van der Waals surface area contributed by atoms with Crippen LogP contribution in [0.3, 0.4) is 0 Å². The van der Waals surface area contributed by atoms with Gasteiger partial charge in [0.15, 0.2) is 0 Å². The Bertz CT molecular complexity index is 579. The van der Waals surface area contributed by atoms with E-state index in [2.05, 4.69) is 28.9 Å². The van der Waals surface area contributed by atoms with E-state index in [1.807, 2.05) is 18.2 Å². The second-order valence-corrected chi connectivity index (χ2v) is 5.52. The van der Waals surface area contributed by atoms with Crippen molar-refractivity contribution in [2.45, 2.75) is 26.3 Å². The average molecular weight is 255 g/mol. The molecule has 0 aliphatic carbocycles. The van der Waals surface area contributed by atoms with Crippen molar-refractivity contribution in [3.63, 3.8) is 0 Å². The lowest BCUT2D eigenvalue weighted by Gasteiger charge is -2.17. The quantitative estimate of drug-likeness (QED) is 0.916. The van der Waals surface area contributed by atoms with Crippen LogP contribution < -0.4 is 5.73 Å². The number of pyridine rings is 1. The first-order chi connectivity index (χ1) is 9.26. The van der Waals surface area contributed by atoms with Gasteiger partial charge in [0.2, 0.25) is 0 Å². The van der Waals surface area contributed by atoms with Gasteiger partial charge in [-0.25, -0.2) is 4.98 Å². The molecule has 1 aliphatic rings. The molecule has 1 atom stereocenters. The van der Waals surface area contributed by atoms with Gasteiger partial charge in [-0.05, 0) is 31.0 Å². The third-order valence-corrected chi connectivity index (χ3v) is 4.18. The molecule has 0 saturated carbocycles. The Kier molecular flexibility index (Phi) is 3.38. The van der Waals surface area contributed by atoms with E-state index in [1.165, 1.54) is 31.3 Å². The van der Waals surface area contributed by atoms with E-state index >= 15 is 0 Å². The van der Waals surface area contributed by atoms with Crippen LogP contribution in [-0.2, 0) is 6.54 Å². The predicted molar refractivity (Wildman–Crippen MR) is 79.8 cm³/mol. The number of hydrogen-bond donors (Lipinski definition) is 1. The van der Waals surface area contributed by atoms with Crippen LogP contribution in [0.5, 0.6) is 0 Å². The Balaban J connectivity index is 1.83. The third kappa shape index (κ3) is 2.56. The first-order valence-corrected chi connectivity index (χ1v) is 7.12. The first kappa shape index (κ1) is 12.4. The van der Waals surface area contributed by atoms with Gasteiger partial charge in [-0.15, -0.1) is 0 Å². The maximum absolute atomic E-state index is 6.09. The Morgan fingerprint density at radius 1 is 1.37 bits per heavy atom. The van der Waals surface area contributed by atoms with Crippen LogP contribution in [0.1, 0.15) is 25.3 Å². The summed E-state index contributed by atoms with van der Waals surface area (Å²) in [5.41, 5.74) is 8.24. The Morgan fingerprint density at radius 2 is 2.21 bits per heavy atom. The van der Waals surface area contributed by atoms with Crippen molar-refractivity contribution in [2.75, 3.05) is 18.8 Å². The van der Waals surface area contributed by atoms with Crippen molar-refractivity contribution < 1.29 is 0 Å². The van der Waals surface area contributed by atoms with Gasteiger partial charge in [-0.1, -0.05) is 31.5 Å². The summed E-state index contributed by atoms with van der Waals surface area (Å²) in [4.78, 5) is 7.00. The van der Waals surface area contributed by atoms with Crippen molar-refractivity contribution in [1.82, 2.24) is 9.88 Å². The fourth-order valence-corrected chi connectivity index (χ4v) is 2.93. The van der Waals surface area contributed by atoms with Crippen LogP contribution in [0.2, 0.25) is 0 Å². The molecule has 0 spiro atoms. The molecule has 1 aromatic heterocycles. The maximum Gasteiger partial charge on any atom is 0.128 e. The summed E-state index contributed by atoms with van der Waals surface area (Å²) < 4.78 is 0. The minimum atomic E-state index is 0.679. The number of likely N-dealkylation sites (tertiary alicyclic amines) is 1. The standard InChI is InChI=1S/C16H21N3/c1-2-12-7-8-19(10-12)11-14-9-13-5-3-4-6-15(13)18-16(14)17/h3-6,9,12H,2,7-8,10-11H2,1H3,(H2,17,18). The summed E-state index contributed by atoms with van der Waals surface area (Å²) in [6.07, 6.45) is 2.60. The summed E-state index contributed by atoms with van der Waals surface area (Å²) in [5.74, 6) is 1.54. The van der Waals surface area contributed by atoms with Crippen LogP contribution in [0.15, 0.2) is 30.3 Å². The number of nitrogens with two attached hydrogens (primary N) is 1. The topological polar surface area (TPSA) is 42.2 Å². The molecule has 2 aromatic rings. The fraction of sp³-hybridized carbons (Fsp3) is 0.438. The molecule has 2 N–H and O–H groups in total. The number of anilines is 1. The summed E-state index contributed by atoms with van der Waals surface area (Å²) in [6.45, 7) is 5.59. The van der Waals surface area contributed by atoms with Crippen LogP contribution in [0, 0.1) is 5.92 Å². The number of aromatic nitrogens is 1. The van der Waals surface area contributed by atoms with Gasteiger partial charge in [0.1, 0.15) is 5.82 Å². The van der Waals surface area contributed by atoms with Crippen molar-refractivity contribution in [3.05, 3.63) is 35.9 Å². The zero-order valence-corrected chi connectivity index (χ0v) is 11.5. The van der Waals surface area contributed by atoms with Gasteiger partial charge in [0.25, 0.3) is 0 Å². The number of fused-ring (bicyclic) bond motifs is 1. The molecule has 1 aliphatic heterocycles. The second kappa shape index (κ2) is 5.17. The van der Waals surface area contributed by atoms with Gasteiger partial charge in [0, 0.05) is 24.0 Å². The minimum Gasteiger partial charge on any atom is -0.383 e. The lowest BCUT2D eigenvalue weighted by molar-refractivity contribution is 0.315. The average Bonchev–Trinajstić information content (AvgIpc) is 2.87. The molecule has 0 bridgehead atoms. The molecule has 19 heavy (non-hydrogen) atoms. The molecule has 1 aromatic carbocycles. The number of benzene rings is 1. The molecule has 0 radical (unpaired) electrons. The molecular weight excluding hydrogens is 234 g/mol. The molecule has 3 nitrogen and oxygen atoms in total. The van der Waals surface area contributed by atoms with Crippen LogP contribution in [0.4, 0.5) is 5.82 Å². The zero-order chi connectivity index (χ0) is 13.2. The summed E-state index contributed by atoms with van der Waals surface area (Å²) in [5, 5.41) is 1.18.